The minimum absolute atomic E-state index is 0.0693. The lowest BCUT2D eigenvalue weighted by Crippen LogP contribution is -2.38. The second-order valence-corrected chi connectivity index (χ2v) is 4.79. The molecular formula is C10H20O2. The Kier molecular flexibility index (Phi) is 2.79. The second kappa shape index (κ2) is 3.35. The maximum absolute atomic E-state index is 9.73. The van der Waals surface area contributed by atoms with Crippen LogP contribution >= 0.6 is 0 Å². The third-order valence-corrected chi connectivity index (χ3v) is 2.39. The number of ether oxygens (including phenoxy) is 1. The van der Waals surface area contributed by atoms with E-state index >= 15 is 0 Å². The number of aliphatic hydroxyl groups is 1. The molecule has 0 aromatic rings. The molecule has 0 heterocycles. The van der Waals surface area contributed by atoms with Gasteiger partial charge in [-0.1, -0.05) is 0 Å². The van der Waals surface area contributed by atoms with Gasteiger partial charge in [-0.2, -0.15) is 0 Å². The fraction of sp³-hybridized carbons (Fsp3) is 1.00. The molecule has 0 spiro atoms. The van der Waals surface area contributed by atoms with Crippen LogP contribution in [0.25, 0.3) is 0 Å². The van der Waals surface area contributed by atoms with E-state index in [1.807, 2.05) is 20.8 Å². The molecule has 0 aliphatic heterocycles. The van der Waals surface area contributed by atoms with Crippen molar-refractivity contribution >= 4 is 0 Å². The van der Waals surface area contributed by atoms with Crippen LogP contribution in [-0.4, -0.2) is 22.9 Å². The van der Waals surface area contributed by atoms with Gasteiger partial charge in [0.2, 0.25) is 0 Å². The van der Waals surface area contributed by atoms with Gasteiger partial charge in [0.1, 0.15) is 0 Å². The molecule has 12 heavy (non-hydrogen) atoms. The van der Waals surface area contributed by atoms with Gasteiger partial charge in [-0.05, 0) is 46.5 Å². The van der Waals surface area contributed by atoms with Gasteiger partial charge in [0.15, 0.2) is 0 Å². The summed E-state index contributed by atoms with van der Waals surface area (Å²) >= 11 is 0. The number of rotatable bonds is 3. The molecule has 0 saturated heterocycles. The molecule has 1 N–H and O–H groups in total. The summed E-state index contributed by atoms with van der Waals surface area (Å²) in [6.45, 7) is 6.80. The van der Waals surface area contributed by atoms with Crippen molar-refractivity contribution in [3.05, 3.63) is 0 Å². The molecule has 0 radical (unpaired) electrons. The van der Waals surface area contributed by atoms with Crippen LogP contribution in [0.5, 0.6) is 0 Å². The predicted molar refractivity (Wildman–Crippen MR) is 49.1 cm³/mol. The van der Waals surface area contributed by atoms with E-state index in [0.29, 0.717) is 6.61 Å². The Morgan fingerprint density at radius 3 is 2.25 bits per heavy atom. The Morgan fingerprint density at radius 1 is 1.33 bits per heavy atom. The zero-order valence-corrected chi connectivity index (χ0v) is 8.39. The van der Waals surface area contributed by atoms with Crippen molar-refractivity contribution in [2.75, 3.05) is 6.61 Å². The lowest BCUT2D eigenvalue weighted by Gasteiger charge is -2.37. The molecule has 1 saturated carbocycles. The van der Waals surface area contributed by atoms with Gasteiger partial charge in [-0.25, -0.2) is 0 Å². The summed E-state index contributed by atoms with van der Waals surface area (Å²) in [6.07, 6.45) is 3.89. The predicted octanol–water partition coefficient (Wildman–Crippen LogP) is 2.11. The van der Waals surface area contributed by atoms with E-state index < -0.39 is 0 Å². The summed E-state index contributed by atoms with van der Waals surface area (Å²) < 4.78 is 5.54. The third kappa shape index (κ3) is 3.11. The Balaban J connectivity index is 2.10. The molecule has 0 aromatic heterocycles. The first kappa shape index (κ1) is 10.0. The topological polar surface area (TPSA) is 29.5 Å². The van der Waals surface area contributed by atoms with Gasteiger partial charge in [-0.15, -0.1) is 0 Å². The molecule has 0 unspecified atom stereocenters. The SMILES string of the molecule is CC(C)(C)OCCC1(O)CCC1. The standard InChI is InChI=1S/C10H20O2/c1-9(2,3)12-8-7-10(11)5-4-6-10/h11H,4-8H2,1-3H3. The zero-order valence-electron chi connectivity index (χ0n) is 8.39. The first-order valence-electron chi connectivity index (χ1n) is 4.78. The van der Waals surface area contributed by atoms with Crippen LogP contribution in [0.15, 0.2) is 0 Å². The smallest absolute Gasteiger partial charge is 0.0669 e. The van der Waals surface area contributed by atoms with Crippen molar-refractivity contribution in [2.45, 2.75) is 57.7 Å². The minimum atomic E-state index is -0.384. The van der Waals surface area contributed by atoms with Gasteiger partial charge < -0.3 is 9.84 Å². The molecule has 0 atom stereocenters. The van der Waals surface area contributed by atoms with E-state index in [1.165, 1.54) is 6.42 Å². The van der Waals surface area contributed by atoms with Crippen molar-refractivity contribution in [2.24, 2.45) is 0 Å². The lowest BCUT2D eigenvalue weighted by atomic mass is 9.78. The molecule has 72 valence electrons. The van der Waals surface area contributed by atoms with Crippen LogP contribution in [0, 0.1) is 0 Å². The molecular weight excluding hydrogens is 152 g/mol. The highest BCUT2D eigenvalue weighted by atomic mass is 16.5. The fourth-order valence-corrected chi connectivity index (χ4v) is 1.38. The van der Waals surface area contributed by atoms with Gasteiger partial charge in [0.05, 0.1) is 17.8 Å². The first-order valence-corrected chi connectivity index (χ1v) is 4.78. The van der Waals surface area contributed by atoms with Crippen LogP contribution in [0.1, 0.15) is 46.5 Å². The van der Waals surface area contributed by atoms with Crippen molar-refractivity contribution in [3.63, 3.8) is 0 Å². The second-order valence-electron chi connectivity index (χ2n) is 4.79. The van der Waals surface area contributed by atoms with E-state index in [-0.39, 0.29) is 11.2 Å². The van der Waals surface area contributed by atoms with Crippen LogP contribution in [0.2, 0.25) is 0 Å². The van der Waals surface area contributed by atoms with Crippen molar-refractivity contribution in [3.8, 4) is 0 Å². The molecule has 1 fully saturated rings. The normalized spacial score (nSPS) is 22.0. The maximum Gasteiger partial charge on any atom is 0.0669 e. The molecule has 1 rings (SSSR count). The third-order valence-electron chi connectivity index (χ3n) is 2.39. The Bertz CT molecular complexity index is 142. The van der Waals surface area contributed by atoms with Gasteiger partial charge >= 0.3 is 0 Å². The highest BCUT2D eigenvalue weighted by Gasteiger charge is 2.34. The maximum atomic E-state index is 9.73. The van der Waals surface area contributed by atoms with E-state index in [4.69, 9.17) is 4.74 Å². The summed E-state index contributed by atoms with van der Waals surface area (Å²) in [5, 5.41) is 9.73. The molecule has 0 amide bonds. The average Bonchev–Trinajstić information content (AvgIpc) is 1.81. The molecule has 1 aliphatic carbocycles. The monoisotopic (exact) mass is 172 g/mol. The summed E-state index contributed by atoms with van der Waals surface area (Å²) in [5.41, 5.74) is -0.453. The van der Waals surface area contributed by atoms with Gasteiger partial charge in [0.25, 0.3) is 0 Å². The largest absolute Gasteiger partial charge is 0.390 e. The Labute approximate surface area is 74.9 Å². The lowest BCUT2D eigenvalue weighted by molar-refractivity contribution is -0.0814. The van der Waals surface area contributed by atoms with Crippen LogP contribution < -0.4 is 0 Å². The summed E-state index contributed by atoms with van der Waals surface area (Å²) in [4.78, 5) is 0. The van der Waals surface area contributed by atoms with E-state index in [0.717, 1.165) is 19.3 Å². The zero-order chi connectivity index (χ0) is 9.24. The van der Waals surface area contributed by atoms with Crippen molar-refractivity contribution < 1.29 is 9.84 Å². The molecule has 2 nitrogen and oxygen atoms in total. The van der Waals surface area contributed by atoms with E-state index in [1.54, 1.807) is 0 Å². The molecule has 1 aliphatic rings. The van der Waals surface area contributed by atoms with Crippen LogP contribution in [0.4, 0.5) is 0 Å². The Hall–Kier alpha value is -0.0800. The molecule has 0 bridgehead atoms. The highest BCUT2D eigenvalue weighted by molar-refractivity contribution is 4.87. The van der Waals surface area contributed by atoms with Crippen LogP contribution in [0.3, 0.4) is 0 Å². The fourth-order valence-electron chi connectivity index (χ4n) is 1.38. The highest BCUT2D eigenvalue weighted by Crippen LogP contribution is 2.34. The number of hydrogen-bond donors (Lipinski definition) is 1. The average molecular weight is 172 g/mol. The first-order chi connectivity index (χ1) is 5.41. The van der Waals surface area contributed by atoms with Crippen molar-refractivity contribution in [1.82, 2.24) is 0 Å². The van der Waals surface area contributed by atoms with Crippen LogP contribution in [-0.2, 0) is 4.74 Å². The summed E-state index contributed by atoms with van der Waals surface area (Å²) in [7, 11) is 0. The quantitative estimate of drug-likeness (QED) is 0.706. The van der Waals surface area contributed by atoms with Crippen molar-refractivity contribution in [1.29, 1.82) is 0 Å². The van der Waals surface area contributed by atoms with E-state index in [2.05, 4.69) is 0 Å². The molecule has 0 aromatic carbocycles. The summed E-state index contributed by atoms with van der Waals surface area (Å²) in [5.74, 6) is 0. The number of hydrogen-bond acceptors (Lipinski definition) is 2. The summed E-state index contributed by atoms with van der Waals surface area (Å²) in [6, 6.07) is 0. The van der Waals surface area contributed by atoms with Gasteiger partial charge in [0, 0.05) is 0 Å². The Morgan fingerprint density at radius 2 is 1.92 bits per heavy atom. The van der Waals surface area contributed by atoms with E-state index in [9.17, 15) is 5.11 Å². The molecule has 2 heteroatoms. The minimum Gasteiger partial charge on any atom is -0.390 e. The van der Waals surface area contributed by atoms with Gasteiger partial charge in [-0.3, -0.25) is 0 Å².